The van der Waals surface area contributed by atoms with Crippen LogP contribution >= 0.6 is 0 Å². The minimum atomic E-state index is -4.72. The number of rotatable bonds is 8. The monoisotopic (exact) mass is 375 g/mol. The first kappa shape index (κ1) is 19.3. The molecule has 0 radical (unpaired) electrons. The first-order chi connectivity index (χ1) is 11.8. The molecule has 0 amide bonds. The molecule has 1 atom stereocenters. The molecule has 0 saturated carbocycles. The molecular weight excluding hydrogens is 356 g/mol. The molecule has 0 bridgehead atoms. The van der Waals surface area contributed by atoms with Gasteiger partial charge in [-0.05, 0) is 31.5 Å². The number of halogens is 2. The summed E-state index contributed by atoms with van der Waals surface area (Å²) >= 11 is 0. The largest absolute Gasteiger partial charge is 0.495 e. The second kappa shape index (κ2) is 7.87. The van der Waals surface area contributed by atoms with E-state index in [1.54, 1.807) is 6.92 Å². The molecule has 0 saturated heterocycles. The zero-order valence-electron chi connectivity index (χ0n) is 14.0. The highest BCUT2D eigenvalue weighted by molar-refractivity contribution is 7.91. The van der Waals surface area contributed by atoms with Gasteiger partial charge in [0.25, 0.3) is 0 Å². The Bertz CT molecular complexity index is 824. The molecule has 7 nitrogen and oxygen atoms in total. The number of aromatic nitrogens is 2. The van der Waals surface area contributed by atoms with Crippen LogP contribution in [0.3, 0.4) is 0 Å². The first-order valence-corrected chi connectivity index (χ1v) is 9.03. The minimum Gasteiger partial charge on any atom is -0.495 e. The van der Waals surface area contributed by atoms with Crippen LogP contribution in [0.4, 0.5) is 8.78 Å². The van der Waals surface area contributed by atoms with Gasteiger partial charge in [0.2, 0.25) is 15.7 Å². The smallest absolute Gasteiger partial charge is 0.341 e. The maximum absolute atomic E-state index is 12.7. The normalized spacial score (nSPS) is 13.2. The average Bonchev–Trinajstić information content (AvgIpc) is 2.99. The number of hydrogen-bond donors (Lipinski definition) is 1. The highest BCUT2D eigenvalue weighted by Crippen LogP contribution is 2.30. The van der Waals surface area contributed by atoms with Crippen molar-refractivity contribution in [1.82, 2.24) is 15.5 Å². The number of sulfone groups is 1. The maximum Gasteiger partial charge on any atom is 0.341 e. The number of aryl methyl sites for hydroxylation is 1. The number of ether oxygens (including phenoxy) is 1. The zero-order chi connectivity index (χ0) is 18.6. The third-order valence-corrected chi connectivity index (χ3v) is 5.01. The summed E-state index contributed by atoms with van der Waals surface area (Å²) < 4.78 is 58.7. The van der Waals surface area contributed by atoms with Crippen LogP contribution in [-0.4, -0.2) is 38.0 Å². The van der Waals surface area contributed by atoms with Gasteiger partial charge in [-0.15, -0.1) is 0 Å². The van der Waals surface area contributed by atoms with Crippen LogP contribution in [0, 0.1) is 6.92 Å². The summed E-state index contributed by atoms with van der Waals surface area (Å²) in [4.78, 5) is 3.56. The summed E-state index contributed by atoms with van der Waals surface area (Å²) in [6.07, 6.45) is 0.528. The lowest BCUT2D eigenvalue weighted by Crippen LogP contribution is -2.22. The summed E-state index contributed by atoms with van der Waals surface area (Å²) in [6, 6.07) is 3.88. The number of nitrogens with zero attached hydrogens (tertiary/aromatic N) is 2. The van der Waals surface area contributed by atoms with Crippen molar-refractivity contribution >= 4 is 9.84 Å². The maximum atomic E-state index is 12.7. The molecule has 0 aliphatic rings. The van der Waals surface area contributed by atoms with E-state index < -0.39 is 20.5 Å². The van der Waals surface area contributed by atoms with Crippen molar-refractivity contribution < 1.29 is 26.5 Å². The van der Waals surface area contributed by atoms with Crippen molar-refractivity contribution in [2.45, 2.75) is 37.0 Å². The van der Waals surface area contributed by atoms with Gasteiger partial charge < -0.3 is 14.6 Å². The predicted molar refractivity (Wildman–Crippen MR) is 85.3 cm³/mol. The molecule has 138 valence electrons. The Morgan fingerprint density at radius 1 is 1.36 bits per heavy atom. The number of methoxy groups -OCH3 is 1. The predicted octanol–water partition coefficient (Wildman–Crippen LogP) is 2.28. The molecule has 10 heteroatoms. The quantitative estimate of drug-likeness (QED) is 0.756. The highest BCUT2D eigenvalue weighted by atomic mass is 32.2. The topological polar surface area (TPSA) is 94.3 Å². The Kier molecular flexibility index (Phi) is 6.07. The molecule has 1 unspecified atom stereocenters. The van der Waals surface area contributed by atoms with Crippen molar-refractivity contribution in [3.8, 4) is 5.75 Å². The highest BCUT2D eigenvalue weighted by Gasteiger charge is 2.30. The molecule has 0 aliphatic carbocycles. The summed E-state index contributed by atoms with van der Waals surface area (Å²) in [5.41, 5.74) is 0.701. The van der Waals surface area contributed by atoms with E-state index in [1.807, 2.05) is 6.92 Å². The first-order valence-electron chi connectivity index (χ1n) is 7.48. The molecule has 0 fully saturated rings. The fourth-order valence-electron chi connectivity index (χ4n) is 2.24. The van der Waals surface area contributed by atoms with Gasteiger partial charge in [0.1, 0.15) is 10.6 Å². The van der Waals surface area contributed by atoms with Crippen LogP contribution < -0.4 is 10.1 Å². The SMILES string of the molecule is COc1cc(C(C)NCCc2nc(C)no2)ccc1S(=O)(=O)C(F)F. The average molecular weight is 375 g/mol. The molecular formula is C15H19F2N3O4S. The van der Waals surface area contributed by atoms with Gasteiger partial charge in [0, 0.05) is 19.0 Å². The zero-order valence-corrected chi connectivity index (χ0v) is 14.8. The molecule has 1 aromatic carbocycles. The lowest BCUT2D eigenvalue weighted by molar-refractivity contribution is 0.234. The van der Waals surface area contributed by atoms with E-state index in [2.05, 4.69) is 15.5 Å². The van der Waals surface area contributed by atoms with Crippen molar-refractivity contribution in [3.05, 3.63) is 35.5 Å². The summed E-state index contributed by atoms with van der Waals surface area (Å²) in [5.74, 6) is -2.54. The summed E-state index contributed by atoms with van der Waals surface area (Å²) in [5, 5.41) is 6.90. The molecule has 25 heavy (non-hydrogen) atoms. The molecule has 2 aromatic rings. The van der Waals surface area contributed by atoms with Gasteiger partial charge in [-0.25, -0.2) is 8.42 Å². The number of hydrogen-bond acceptors (Lipinski definition) is 7. The molecule has 0 aliphatic heterocycles. The van der Waals surface area contributed by atoms with Crippen molar-refractivity contribution in [2.24, 2.45) is 0 Å². The molecule has 0 spiro atoms. The fourth-order valence-corrected chi connectivity index (χ4v) is 3.11. The Morgan fingerprint density at radius 3 is 2.64 bits per heavy atom. The third-order valence-electron chi connectivity index (χ3n) is 3.59. The van der Waals surface area contributed by atoms with E-state index in [9.17, 15) is 17.2 Å². The Morgan fingerprint density at radius 2 is 2.08 bits per heavy atom. The van der Waals surface area contributed by atoms with E-state index in [4.69, 9.17) is 9.26 Å². The van der Waals surface area contributed by atoms with E-state index in [0.29, 0.717) is 30.2 Å². The van der Waals surface area contributed by atoms with Gasteiger partial charge in [-0.1, -0.05) is 11.2 Å². The van der Waals surface area contributed by atoms with E-state index in [1.165, 1.54) is 19.2 Å². The van der Waals surface area contributed by atoms with Gasteiger partial charge in [0.15, 0.2) is 5.82 Å². The van der Waals surface area contributed by atoms with E-state index >= 15 is 0 Å². The Labute approximate surface area is 144 Å². The van der Waals surface area contributed by atoms with Gasteiger partial charge in [-0.3, -0.25) is 0 Å². The Hall–Kier alpha value is -2.07. The standard InChI is InChI=1S/C15H19F2N3O4S/c1-9(18-7-6-14-19-10(2)20-24-14)11-4-5-13(12(8-11)23-3)25(21,22)15(16)17/h4-5,8-9,15,18H,6-7H2,1-3H3. The molecule has 1 heterocycles. The molecule has 2 rings (SSSR count). The second-order valence-corrected chi connectivity index (χ2v) is 7.26. The van der Waals surface area contributed by atoms with Gasteiger partial charge in [-0.2, -0.15) is 13.8 Å². The van der Waals surface area contributed by atoms with Crippen molar-refractivity contribution in [3.63, 3.8) is 0 Å². The van der Waals surface area contributed by atoms with Gasteiger partial charge in [0.05, 0.1) is 7.11 Å². The number of nitrogens with one attached hydrogen (secondary N) is 1. The van der Waals surface area contributed by atoms with Crippen LogP contribution in [0.1, 0.15) is 30.2 Å². The van der Waals surface area contributed by atoms with Crippen molar-refractivity contribution in [2.75, 3.05) is 13.7 Å². The van der Waals surface area contributed by atoms with Crippen LogP contribution in [0.2, 0.25) is 0 Å². The lowest BCUT2D eigenvalue weighted by atomic mass is 10.1. The summed E-state index contributed by atoms with van der Waals surface area (Å²) in [6.45, 7) is 4.13. The molecule has 1 aromatic heterocycles. The van der Waals surface area contributed by atoms with E-state index in [0.717, 1.165) is 6.07 Å². The second-order valence-electron chi connectivity index (χ2n) is 5.38. The third kappa shape index (κ3) is 4.51. The minimum absolute atomic E-state index is 0.112. The van der Waals surface area contributed by atoms with Crippen molar-refractivity contribution in [1.29, 1.82) is 0 Å². The summed E-state index contributed by atoms with van der Waals surface area (Å²) in [7, 11) is -3.48. The van der Waals surface area contributed by atoms with Crippen LogP contribution in [-0.2, 0) is 16.3 Å². The van der Waals surface area contributed by atoms with Gasteiger partial charge >= 0.3 is 5.76 Å². The Balaban J connectivity index is 2.08. The van der Waals surface area contributed by atoms with E-state index in [-0.39, 0.29) is 11.8 Å². The number of benzene rings is 1. The van der Waals surface area contributed by atoms with Crippen LogP contribution in [0.5, 0.6) is 5.75 Å². The number of alkyl halides is 2. The fraction of sp³-hybridized carbons (Fsp3) is 0.467. The van der Waals surface area contributed by atoms with Crippen LogP contribution in [0.15, 0.2) is 27.6 Å². The lowest BCUT2D eigenvalue weighted by Gasteiger charge is -2.16. The van der Waals surface area contributed by atoms with Crippen LogP contribution in [0.25, 0.3) is 0 Å². The molecule has 1 N–H and O–H groups in total.